The van der Waals surface area contributed by atoms with Crippen molar-refractivity contribution in [1.29, 1.82) is 0 Å². The summed E-state index contributed by atoms with van der Waals surface area (Å²) < 4.78 is 0. The highest BCUT2D eigenvalue weighted by Gasteiger charge is 2.02. The Morgan fingerprint density at radius 3 is 2.43 bits per heavy atom. The van der Waals surface area contributed by atoms with E-state index in [1.165, 1.54) is 0 Å². The SMILES string of the molecule is Oc1c(C=CC=Nc2ccccc2)ccc2ccccc12. The summed E-state index contributed by atoms with van der Waals surface area (Å²) in [6, 6.07) is 21.4. The number of hydrogen-bond acceptors (Lipinski definition) is 2. The number of nitrogens with zero attached hydrogens (tertiary/aromatic N) is 1. The first-order chi connectivity index (χ1) is 10.3. The highest BCUT2D eigenvalue weighted by molar-refractivity contribution is 5.92. The van der Waals surface area contributed by atoms with E-state index in [2.05, 4.69) is 4.99 Å². The average molecular weight is 273 g/mol. The first-order valence-corrected chi connectivity index (χ1v) is 6.81. The third-order valence-corrected chi connectivity index (χ3v) is 3.27. The lowest BCUT2D eigenvalue weighted by atomic mass is 10.1. The van der Waals surface area contributed by atoms with E-state index in [1.807, 2.05) is 78.9 Å². The molecule has 0 bridgehead atoms. The second-order valence-electron chi connectivity index (χ2n) is 4.70. The van der Waals surface area contributed by atoms with Crippen molar-refractivity contribution in [1.82, 2.24) is 0 Å². The molecule has 0 saturated carbocycles. The van der Waals surface area contributed by atoms with Gasteiger partial charge in [-0.25, -0.2) is 0 Å². The summed E-state index contributed by atoms with van der Waals surface area (Å²) in [7, 11) is 0. The standard InChI is InChI=1S/C19H15NO/c21-19-16(13-12-15-7-4-5-11-18(15)19)8-6-14-20-17-9-2-1-3-10-17/h1-14,21H. The highest BCUT2D eigenvalue weighted by atomic mass is 16.3. The summed E-state index contributed by atoms with van der Waals surface area (Å²) in [4.78, 5) is 4.32. The number of benzene rings is 3. The van der Waals surface area contributed by atoms with Gasteiger partial charge >= 0.3 is 0 Å². The molecule has 0 heterocycles. The Morgan fingerprint density at radius 1 is 0.810 bits per heavy atom. The molecule has 0 saturated heterocycles. The maximum Gasteiger partial charge on any atom is 0.130 e. The number of phenolic OH excluding ortho intramolecular Hbond substituents is 1. The molecule has 21 heavy (non-hydrogen) atoms. The summed E-state index contributed by atoms with van der Waals surface area (Å²) in [5.41, 5.74) is 1.69. The van der Waals surface area contributed by atoms with Gasteiger partial charge in [0, 0.05) is 17.2 Å². The van der Waals surface area contributed by atoms with Crippen LogP contribution in [-0.4, -0.2) is 11.3 Å². The molecule has 0 radical (unpaired) electrons. The van der Waals surface area contributed by atoms with Crippen LogP contribution in [0.5, 0.6) is 5.75 Å². The Labute approximate surface area is 123 Å². The van der Waals surface area contributed by atoms with Gasteiger partial charge in [-0.05, 0) is 29.7 Å². The predicted molar refractivity (Wildman–Crippen MR) is 89.2 cm³/mol. The van der Waals surface area contributed by atoms with E-state index in [9.17, 15) is 5.11 Å². The zero-order valence-corrected chi connectivity index (χ0v) is 11.5. The Balaban J connectivity index is 1.83. The van der Waals surface area contributed by atoms with Gasteiger partial charge < -0.3 is 5.11 Å². The zero-order chi connectivity index (χ0) is 14.5. The van der Waals surface area contributed by atoms with Crippen LogP contribution in [0.25, 0.3) is 16.8 Å². The Kier molecular flexibility index (Phi) is 3.79. The first kappa shape index (κ1) is 13.1. The van der Waals surface area contributed by atoms with Crippen LogP contribution in [0, 0.1) is 0 Å². The lowest BCUT2D eigenvalue weighted by molar-refractivity contribution is 0.480. The van der Waals surface area contributed by atoms with Crippen LogP contribution in [0.15, 0.2) is 77.8 Å². The van der Waals surface area contributed by atoms with Gasteiger partial charge in [0.25, 0.3) is 0 Å². The molecule has 2 heteroatoms. The van der Waals surface area contributed by atoms with Gasteiger partial charge in [0.15, 0.2) is 0 Å². The molecule has 0 aromatic heterocycles. The van der Waals surface area contributed by atoms with Crippen LogP contribution < -0.4 is 0 Å². The maximum atomic E-state index is 10.3. The topological polar surface area (TPSA) is 32.6 Å². The molecule has 3 aromatic carbocycles. The lowest BCUT2D eigenvalue weighted by Gasteiger charge is -2.03. The summed E-state index contributed by atoms with van der Waals surface area (Å²) in [6.07, 6.45) is 5.41. The predicted octanol–water partition coefficient (Wildman–Crippen LogP) is 4.96. The lowest BCUT2D eigenvalue weighted by Crippen LogP contribution is -1.79. The summed E-state index contributed by atoms with van der Waals surface area (Å²) in [5, 5.41) is 12.2. The molecule has 0 atom stereocenters. The number of hydrogen-bond donors (Lipinski definition) is 1. The van der Waals surface area contributed by atoms with E-state index in [0.29, 0.717) is 5.75 Å². The minimum absolute atomic E-state index is 0.303. The molecule has 3 aromatic rings. The van der Waals surface area contributed by atoms with Crippen LogP contribution in [0.4, 0.5) is 5.69 Å². The molecule has 0 aliphatic rings. The van der Waals surface area contributed by atoms with Crippen molar-refractivity contribution in [2.24, 2.45) is 4.99 Å². The van der Waals surface area contributed by atoms with E-state index in [4.69, 9.17) is 0 Å². The minimum atomic E-state index is 0.303. The number of aliphatic imine (C=N–C) groups is 1. The summed E-state index contributed by atoms with van der Waals surface area (Å²) >= 11 is 0. The maximum absolute atomic E-state index is 10.3. The van der Waals surface area contributed by atoms with E-state index in [0.717, 1.165) is 22.0 Å². The zero-order valence-electron chi connectivity index (χ0n) is 11.5. The molecule has 2 nitrogen and oxygen atoms in total. The summed E-state index contributed by atoms with van der Waals surface area (Å²) in [5.74, 6) is 0.303. The summed E-state index contributed by atoms with van der Waals surface area (Å²) in [6.45, 7) is 0. The normalized spacial score (nSPS) is 11.6. The number of fused-ring (bicyclic) bond motifs is 1. The molecule has 0 aliphatic heterocycles. The van der Waals surface area contributed by atoms with Crippen LogP contribution in [0.2, 0.25) is 0 Å². The third-order valence-electron chi connectivity index (χ3n) is 3.27. The number of phenols is 1. The van der Waals surface area contributed by atoms with Gasteiger partial charge in [0.05, 0.1) is 5.69 Å². The molecule has 0 amide bonds. The van der Waals surface area contributed by atoms with Crippen molar-refractivity contribution in [3.05, 3.63) is 78.4 Å². The molecule has 0 aliphatic carbocycles. The van der Waals surface area contributed by atoms with Gasteiger partial charge in [-0.15, -0.1) is 0 Å². The van der Waals surface area contributed by atoms with Gasteiger partial charge in [-0.1, -0.05) is 54.6 Å². The molecule has 0 spiro atoms. The largest absolute Gasteiger partial charge is 0.507 e. The molecule has 0 unspecified atom stereocenters. The second-order valence-corrected chi connectivity index (χ2v) is 4.70. The van der Waals surface area contributed by atoms with Gasteiger partial charge in [0.2, 0.25) is 0 Å². The van der Waals surface area contributed by atoms with Crippen molar-refractivity contribution < 1.29 is 5.11 Å². The van der Waals surface area contributed by atoms with Gasteiger partial charge in [0.1, 0.15) is 5.75 Å². The van der Waals surface area contributed by atoms with Crippen LogP contribution in [-0.2, 0) is 0 Å². The molecule has 0 fully saturated rings. The fraction of sp³-hybridized carbons (Fsp3) is 0. The van der Waals surface area contributed by atoms with Crippen LogP contribution in [0.1, 0.15) is 5.56 Å². The minimum Gasteiger partial charge on any atom is -0.507 e. The number of rotatable bonds is 3. The fourth-order valence-electron chi connectivity index (χ4n) is 2.20. The quantitative estimate of drug-likeness (QED) is 0.672. The number of aromatic hydroxyl groups is 1. The molecule has 1 N–H and O–H groups in total. The molecular weight excluding hydrogens is 258 g/mol. The van der Waals surface area contributed by atoms with Gasteiger partial charge in [-0.3, -0.25) is 4.99 Å². The second kappa shape index (κ2) is 6.06. The highest BCUT2D eigenvalue weighted by Crippen LogP contribution is 2.29. The molecule has 3 rings (SSSR count). The smallest absolute Gasteiger partial charge is 0.130 e. The third kappa shape index (κ3) is 3.00. The number of allylic oxidation sites excluding steroid dienone is 1. The molecular formula is C19H15NO. The Bertz CT molecular complexity index is 804. The monoisotopic (exact) mass is 273 g/mol. The Hall–Kier alpha value is -2.87. The van der Waals surface area contributed by atoms with Crippen molar-refractivity contribution >= 4 is 28.8 Å². The average Bonchev–Trinajstić information content (AvgIpc) is 2.55. The number of para-hydroxylation sites is 1. The van der Waals surface area contributed by atoms with Crippen molar-refractivity contribution in [3.8, 4) is 5.75 Å². The molecule has 102 valence electrons. The van der Waals surface area contributed by atoms with Crippen molar-refractivity contribution in [2.45, 2.75) is 0 Å². The van der Waals surface area contributed by atoms with E-state index in [-0.39, 0.29) is 0 Å². The van der Waals surface area contributed by atoms with Crippen molar-refractivity contribution in [2.75, 3.05) is 0 Å². The van der Waals surface area contributed by atoms with E-state index >= 15 is 0 Å². The fourth-order valence-corrected chi connectivity index (χ4v) is 2.20. The van der Waals surface area contributed by atoms with Crippen molar-refractivity contribution in [3.63, 3.8) is 0 Å². The Morgan fingerprint density at radius 2 is 1.57 bits per heavy atom. The van der Waals surface area contributed by atoms with Crippen LogP contribution in [0.3, 0.4) is 0 Å². The van der Waals surface area contributed by atoms with E-state index < -0.39 is 0 Å². The van der Waals surface area contributed by atoms with E-state index in [1.54, 1.807) is 6.21 Å². The van der Waals surface area contributed by atoms with Gasteiger partial charge in [-0.2, -0.15) is 0 Å². The van der Waals surface area contributed by atoms with Crippen LogP contribution >= 0.6 is 0 Å². The first-order valence-electron chi connectivity index (χ1n) is 6.81.